The first kappa shape index (κ1) is 20.1. The van der Waals surface area contributed by atoms with Crippen LogP contribution in [0.5, 0.6) is 0 Å². The number of rotatable bonds is 7. The van der Waals surface area contributed by atoms with Crippen molar-refractivity contribution in [3.05, 3.63) is 96.2 Å². The van der Waals surface area contributed by atoms with Crippen LogP contribution in [-0.2, 0) is 13.0 Å². The molecule has 1 fully saturated rings. The number of nitrogens with zero attached hydrogens (tertiary/aromatic N) is 2. The fourth-order valence-corrected chi connectivity index (χ4v) is 3.87. The van der Waals surface area contributed by atoms with Crippen LogP contribution in [0, 0.1) is 5.82 Å². The molecule has 0 atom stereocenters. The van der Waals surface area contributed by atoms with Gasteiger partial charge in [-0.1, -0.05) is 36.9 Å². The van der Waals surface area contributed by atoms with Crippen LogP contribution in [0.25, 0.3) is 11.1 Å². The molecule has 0 saturated carbocycles. The van der Waals surface area contributed by atoms with E-state index in [9.17, 15) is 4.39 Å². The topological polar surface area (TPSA) is 28.2 Å². The quantitative estimate of drug-likeness (QED) is 0.548. The molecule has 0 amide bonds. The molecule has 154 valence electrons. The van der Waals surface area contributed by atoms with E-state index in [2.05, 4.69) is 52.1 Å². The number of allylic oxidation sites excluding steroid dienone is 1. The van der Waals surface area contributed by atoms with E-state index >= 15 is 0 Å². The molecule has 1 N–H and O–H groups in total. The monoisotopic (exact) mass is 401 g/mol. The van der Waals surface area contributed by atoms with Crippen molar-refractivity contribution in [2.24, 2.45) is 0 Å². The zero-order chi connectivity index (χ0) is 20.8. The lowest BCUT2D eigenvalue weighted by Crippen LogP contribution is -2.29. The standard InChI is InChI=1S/C26H28FN3/c1-20(28-18-21-6-5-7-24(27)17-21)16-25-11-8-23(19-29-25)22-9-12-26(13-10-22)30-14-3-2-4-15-30/h5-13,17,19,28H,1-4,14-16,18H2. The normalized spacial score (nSPS) is 13.8. The molecule has 0 spiro atoms. The summed E-state index contributed by atoms with van der Waals surface area (Å²) in [6.07, 6.45) is 6.49. The third-order valence-corrected chi connectivity index (χ3v) is 5.57. The van der Waals surface area contributed by atoms with E-state index in [4.69, 9.17) is 0 Å². The summed E-state index contributed by atoms with van der Waals surface area (Å²) in [7, 11) is 0. The number of benzene rings is 2. The molecule has 1 aliphatic heterocycles. The predicted molar refractivity (Wildman–Crippen MR) is 122 cm³/mol. The minimum Gasteiger partial charge on any atom is -0.384 e. The summed E-state index contributed by atoms with van der Waals surface area (Å²) in [4.78, 5) is 7.07. The van der Waals surface area contributed by atoms with Gasteiger partial charge in [0.05, 0.1) is 0 Å². The number of halogens is 1. The van der Waals surface area contributed by atoms with Crippen molar-refractivity contribution < 1.29 is 4.39 Å². The highest BCUT2D eigenvalue weighted by molar-refractivity contribution is 5.65. The minimum atomic E-state index is -0.221. The summed E-state index contributed by atoms with van der Waals surface area (Å²) in [5, 5.41) is 3.25. The summed E-state index contributed by atoms with van der Waals surface area (Å²) in [6.45, 7) is 6.95. The van der Waals surface area contributed by atoms with Gasteiger partial charge in [-0.2, -0.15) is 0 Å². The number of hydrogen-bond acceptors (Lipinski definition) is 3. The van der Waals surface area contributed by atoms with E-state index in [0.717, 1.165) is 35.6 Å². The second-order valence-electron chi connectivity index (χ2n) is 7.90. The van der Waals surface area contributed by atoms with Crippen LogP contribution in [0.3, 0.4) is 0 Å². The molecule has 4 rings (SSSR count). The lowest BCUT2D eigenvalue weighted by atomic mass is 10.0. The minimum absolute atomic E-state index is 0.221. The predicted octanol–water partition coefficient (Wildman–Crippen LogP) is 5.72. The maximum Gasteiger partial charge on any atom is 0.123 e. The van der Waals surface area contributed by atoms with Crippen LogP contribution in [0.4, 0.5) is 10.1 Å². The molecule has 0 unspecified atom stereocenters. The third-order valence-electron chi connectivity index (χ3n) is 5.57. The van der Waals surface area contributed by atoms with Gasteiger partial charge in [0.25, 0.3) is 0 Å². The summed E-state index contributed by atoms with van der Waals surface area (Å²) >= 11 is 0. The van der Waals surface area contributed by atoms with Crippen molar-refractivity contribution in [3.8, 4) is 11.1 Å². The lowest BCUT2D eigenvalue weighted by molar-refractivity contribution is 0.578. The van der Waals surface area contributed by atoms with E-state index in [-0.39, 0.29) is 5.82 Å². The Kier molecular flexibility index (Phi) is 6.43. The van der Waals surface area contributed by atoms with Crippen molar-refractivity contribution in [3.63, 3.8) is 0 Å². The Morgan fingerprint density at radius 2 is 1.73 bits per heavy atom. The maximum absolute atomic E-state index is 13.3. The summed E-state index contributed by atoms with van der Waals surface area (Å²) in [6, 6.07) is 19.5. The van der Waals surface area contributed by atoms with Crippen LogP contribution in [0.15, 0.2) is 79.1 Å². The fraction of sp³-hybridized carbons (Fsp3) is 0.269. The first-order chi connectivity index (χ1) is 14.7. The zero-order valence-electron chi connectivity index (χ0n) is 17.3. The first-order valence-corrected chi connectivity index (χ1v) is 10.6. The van der Waals surface area contributed by atoms with E-state index in [1.54, 1.807) is 6.07 Å². The molecule has 0 aliphatic carbocycles. The smallest absolute Gasteiger partial charge is 0.123 e. The van der Waals surface area contributed by atoms with Gasteiger partial charge in [0.1, 0.15) is 5.82 Å². The highest BCUT2D eigenvalue weighted by atomic mass is 19.1. The molecule has 0 bridgehead atoms. The van der Waals surface area contributed by atoms with Crippen LogP contribution in [-0.4, -0.2) is 18.1 Å². The third kappa shape index (κ3) is 5.26. The Hall–Kier alpha value is -3.14. The Balaban J connectivity index is 1.32. The van der Waals surface area contributed by atoms with Crippen molar-refractivity contribution in [2.45, 2.75) is 32.2 Å². The largest absolute Gasteiger partial charge is 0.384 e. The Bertz CT molecular complexity index is 974. The van der Waals surface area contributed by atoms with Crippen LogP contribution in [0.2, 0.25) is 0 Å². The second kappa shape index (κ2) is 9.57. The number of hydrogen-bond donors (Lipinski definition) is 1. The highest BCUT2D eigenvalue weighted by Gasteiger charge is 2.11. The van der Waals surface area contributed by atoms with Gasteiger partial charge in [-0.05, 0) is 60.7 Å². The number of anilines is 1. The molecule has 2 aromatic carbocycles. The molecule has 1 aromatic heterocycles. The van der Waals surface area contributed by atoms with Crippen LogP contribution >= 0.6 is 0 Å². The molecular formula is C26H28FN3. The SMILES string of the molecule is C=C(Cc1ccc(-c2ccc(N3CCCCC3)cc2)cn1)NCc1cccc(F)c1. The molecular weight excluding hydrogens is 373 g/mol. The molecule has 4 heteroatoms. The van der Waals surface area contributed by atoms with Gasteiger partial charge in [-0.3, -0.25) is 4.98 Å². The number of piperidine rings is 1. The first-order valence-electron chi connectivity index (χ1n) is 10.6. The van der Waals surface area contributed by atoms with Gasteiger partial charge in [0.2, 0.25) is 0 Å². The van der Waals surface area contributed by atoms with Gasteiger partial charge in [-0.15, -0.1) is 0 Å². The van der Waals surface area contributed by atoms with Gasteiger partial charge < -0.3 is 10.2 Å². The zero-order valence-corrected chi connectivity index (χ0v) is 17.3. The van der Waals surface area contributed by atoms with Crippen molar-refractivity contribution in [2.75, 3.05) is 18.0 Å². The maximum atomic E-state index is 13.3. The molecule has 3 aromatic rings. The number of nitrogens with one attached hydrogen (secondary N) is 1. The summed E-state index contributed by atoms with van der Waals surface area (Å²) < 4.78 is 13.3. The highest BCUT2D eigenvalue weighted by Crippen LogP contribution is 2.25. The van der Waals surface area contributed by atoms with Crippen LogP contribution < -0.4 is 10.2 Å². The van der Waals surface area contributed by atoms with Crippen molar-refractivity contribution >= 4 is 5.69 Å². The summed E-state index contributed by atoms with van der Waals surface area (Å²) in [5.74, 6) is -0.221. The lowest BCUT2D eigenvalue weighted by Gasteiger charge is -2.28. The number of pyridine rings is 1. The Labute approximate surface area is 178 Å². The van der Waals surface area contributed by atoms with Gasteiger partial charge in [0.15, 0.2) is 0 Å². The second-order valence-corrected chi connectivity index (χ2v) is 7.90. The van der Waals surface area contributed by atoms with E-state index < -0.39 is 0 Å². The van der Waals surface area contributed by atoms with E-state index in [0.29, 0.717) is 13.0 Å². The van der Waals surface area contributed by atoms with Gasteiger partial charge in [-0.25, -0.2) is 4.39 Å². The van der Waals surface area contributed by atoms with Crippen molar-refractivity contribution in [1.29, 1.82) is 0 Å². The molecule has 3 nitrogen and oxygen atoms in total. The Morgan fingerprint density at radius 1 is 0.967 bits per heavy atom. The molecule has 30 heavy (non-hydrogen) atoms. The van der Waals surface area contributed by atoms with Crippen molar-refractivity contribution in [1.82, 2.24) is 10.3 Å². The van der Waals surface area contributed by atoms with E-state index in [1.165, 1.54) is 42.6 Å². The average molecular weight is 402 g/mol. The average Bonchev–Trinajstić information content (AvgIpc) is 2.79. The van der Waals surface area contributed by atoms with Gasteiger partial charge >= 0.3 is 0 Å². The number of aromatic nitrogens is 1. The molecule has 1 saturated heterocycles. The molecule has 2 heterocycles. The summed E-state index contributed by atoms with van der Waals surface area (Å²) in [5.41, 5.74) is 6.32. The Morgan fingerprint density at radius 3 is 2.43 bits per heavy atom. The molecule has 1 aliphatic rings. The fourth-order valence-electron chi connectivity index (χ4n) is 3.87. The van der Waals surface area contributed by atoms with Crippen LogP contribution in [0.1, 0.15) is 30.5 Å². The van der Waals surface area contributed by atoms with Gasteiger partial charge in [0, 0.05) is 54.9 Å². The molecule has 0 radical (unpaired) electrons. The van der Waals surface area contributed by atoms with E-state index in [1.807, 2.05) is 18.3 Å².